The Labute approximate surface area is 104 Å². The van der Waals surface area contributed by atoms with Crippen molar-refractivity contribution in [2.45, 2.75) is 18.9 Å². The molecule has 0 atom stereocenters. The van der Waals surface area contributed by atoms with Gasteiger partial charge in [0.15, 0.2) is 0 Å². The van der Waals surface area contributed by atoms with E-state index < -0.39 is 0 Å². The molecule has 0 N–H and O–H groups in total. The average molecular weight is 247 g/mol. The number of carbonyl (C=O) groups excluding carboxylic acids is 1. The number of hydrogen-bond acceptors (Lipinski definition) is 4. The second-order valence-corrected chi connectivity index (χ2v) is 4.77. The number of carbonyl (C=O) groups is 1. The van der Waals surface area contributed by atoms with Gasteiger partial charge in [-0.15, -0.1) is 11.8 Å². The summed E-state index contributed by atoms with van der Waals surface area (Å²) in [4.78, 5) is 15.3. The van der Waals surface area contributed by atoms with Crippen molar-refractivity contribution in [1.82, 2.24) is 4.98 Å². The van der Waals surface area contributed by atoms with Gasteiger partial charge in [0.2, 0.25) is 5.88 Å². The lowest BCUT2D eigenvalue weighted by Gasteiger charge is -2.07. The van der Waals surface area contributed by atoms with Crippen molar-refractivity contribution in [3.05, 3.63) is 30.3 Å². The Kier molecular flexibility index (Phi) is 3.64. The zero-order chi connectivity index (χ0) is 12.3. The summed E-state index contributed by atoms with van der Waals surface area (Å²) in [5.41, 5.74) is 0. The van der Waals surface area contributed by atoms with E-state index in [-0.39, 0.29) is 5.97 Å². The lowest BCUT2D eigenvalue weighted by Crippen LogP contribution is -2.03. The third-order valence-corrected chi connectivity index (χ3v) is 3.08. The highest BCUT2D eigenvalue weighted by Gasteiger charge is 2.07. The van der Waals surface area contributed by atoms with Crippen LogP contribution in [0.2, 0.25) is 0 Å². The zero-order valence-electron chi connectivity index (χ0n) is 9.77. The fourth-order valence-electron chi connectivity index (χ4n) is 1.59. The van der Waals surface area contributed by atoms with Crippen molar-refractivity contribution in [3.8, 4) is 5.88 Å². The van der Waals surface area contributed by atoms with Gasteiger partial charge in [-0.05, 0) is 11.1 Å². The highest BCUT2D eigenvalue weighted by atomic mass is 32.2. The lowest BCUT2D eigenvalue weighted by molar-refractivity contribution is -0.132. The van der Waals surface area contributed by atoms with Gasteiger partial charge < -0.3 is 4.74 Å². The maximum Gasteiger partial charge on any atom is 0.309 e. The molecule has 3 nitrogen and oxygen atoms in total. The Bertz CT molecular complexity index is 554. The first kappa shape index (κ1) is 11.9. The normalized spacial score (nSPS) is 10.5. The molecular formula is C13H13NO2S. The van der Waals surface area contributed by atoms with Crippen LogP contribution in [-0.4, -0.2) is 16.7 Å². The van der Waals surface area contributed by atoms with Crippen molar-refractivity contribution in [3.63, 3.8) is 0 Å². The smallest absolute Gasteiger partial charge is 0.309 e. The predicted molar refractivity (Wildman–Crippen MR) is 69.5 cm³/mol. The molecule has 0 aliphatic carbocycles. The summed E-state index contributed by atoms with van der Waals surface area (Å²) < 4.78 is 5.05. The van der Waals surface area contributed by atoms with Crippen LogP contribution in [0.4, 0.5) is 0 Å². The molecule has 4 heteroatoms. The van der Waals surface area contributed by atoms with Crippen LogP contribution in [0.25, 0.3) is 10.8 Å². The minimum absolute atomic E-state index is 0.347. The van der Waals surface area contributed by atoms with Gasteiger partial charge in [0.05, 0.1) is 0 Å². The molecule has 0 saturated carbocycles. The van der Waals surface area contributed by atoms with Crippen molar-refractivity contribution < 1.29 is 9.53 Å². The minimum Gasteiger partial charge on any atom is -0.408 e. The summed E-state index contributed by atoms with van der Waals surface area (Å²) in [5.74, 6) is 0.952. The monoisotopic (exact) mass is 247 g/mol. The van der Waals surface area contributed by atoms with Crippen LogP contribution in [-0.2, 0) is 4.79 Å². The molecular weight excluding hydrogens is 234 g/mol. The van der Waals surface area contributed by atoms with E-state index in [1.165, 1.54) is 6.92 Å². The molecule has 0 fully saturated rings. The first-order valence-corrected chi connectivity index (χ1v) is 6.40. The number of fused-ring (bicyclic) bond motifs is 1. The summed E-state index contributed by atoms with van der Waals surface area (Å²) in [6.45, 7) is 3.45. The van der Waals surface area contributed by atoms with Gasteiger partial charge >= 0.3 is 5.97 Å². The third kappa shape index (κ3) is 2.77. The van der Waals surface area contributed by atoms with Gasteiger partial charge in [0.25, 0.3) is 0 Å². The molecule has 0 amide bonds. The summed E-state index contributed by atoms with van der Waals surface area (Å²) in [6.07, 6.45) is 0. The van der Waals surface area contributed by atoms with E-state index in [4.69, 9.17) is 4.74 Å². The number of thioether (sulfide) groups is 1. The average Bonchev–Trinajstić information content (AvgIpc) is 2.28. The van der Waals surface area contributed by atoms with Crippen molar-refractivity contribution >= 4 is 28.5 Å². The van der Waals surface area contributed by atoms with Crippen molar-refractivity contribution in [2.24, 2.45) is 0 Å². The Morgan fingerprint density at radius 2 is 2.18 bits per heavy atom. The molecule has 17 heavy (non-hydrogen) atoms. The van der Waals surface area contributed by atoms with Gasteiger partial charge in [-0.2, -0.15) is 0 Å². The third-order valence-electron chi connectivity index (χ3n) is 2.21. The van der Waals surface area contributed by atoms with Crippen LogP contribution in [0.1, 0.15) is 13.8 Å². The van der Waals surface area contributed by atoms with Crippen molar-refractivity contribution in [2.75, 3.05) is 5.75 Å². The molecule has 0 spiro atoms. The quantitative estimate of drug-likeness (QED) is 0.616. The second-order valence-electron chi connectivity index (χ2n) is 3.51. The number of rotatable bonds is 3. The van der Waals surface area contributed by atoms with Gasteiger partial charge in [0.1, 0.15) is 5.03 Å². The number of aromatic nitrogens is 1. The largest absolute Gasteiger partial charge is 0.408 e. The minimum atomic E-state index is -0.347. The maximum absolute atomic E-state index is 10.9. The molecule has 0 bridgehead atoms. The number of hydrogen-bond donors (Lipinski definition) is 0. The molecule has 0 aliphatic heterocycles. The number of nitrogens with zero attached hydrogens (tertiary/aromatic N) is 1. The SMILES string of the molecule is CCSc1nc(OC(C)=O)cc2ccccc12. The molecule has 0 unspecified atom stereocenters. The summed E-state index contributed by atoms with van der Waals surface area (Å²) >= 11 is 1.64. The molecule has 0 radical (unpaired) electrons. The van der Waals surface area contributed by atoms with E-state index in [0.29, 0.717) is 5.88 Å². The van der Waals surface area contributed by atoms with Gasteiger partial charge in [-0.3, -0.25) is 4.79 Å². The number of ether oxygens (including phenoxy) is 1. The number of pyridine rings is 1. The number of benzene rings is 1. The molecule has 2 aromatic rings. The predicted octanol–water partition coefficient (Wildman–Crippen LogP) is 3.27. The van der Waals surface area contributed by atoms with E-state index in [9.17, 15) is 4.79 Å². The van der Waals surface area contributed by atoms with E-state index in [1.54, 1.807) is 17.8 Å². The highest BCUT2D eigenvalue weighted by molar-refractivity contribution is 7.99. The van der Waals surface area contributed by atoms with Crippen LogP contribution in [0.3, 0.4) is 0 Å². The topological polar surface area (TPSA) is 39.2 Å². The Hall–Kier alpha value is -1.55. The van der Waals surface area contributed by atoms with Crippen molar-refractivity contribution in [1.29, 1.82) is 0 Å². The van der Waals surface area contributed by atoms with E-state index in [1.807, 2.05) is 24.3 Å². The van der Waals surface area contributed by atoms with Crippen LogP contribution >= 0.6 is 11.8 Å². The maximum atomic E-state index is 10.9. The summed E-state index contributed by atoms with van der Waals surface area (Å²) in [6, 6.07) is 9.74. The Morgan fingerprint density at radius 1 is 1.41 bits per heavy atom. The van der Waals surface area contributed by atoms with Gasteiger partial charge in [-0.25, -0.2) is 4.98 Å². The standard InChI is InChI=1S/C13H13NO2S/c1-3-17-13-11-7-5-4-6-10(11)8-12(14-13)16-9(2)15/h4-8H,3H2,1-2H3. The summed E-state index contributed by atoms with van der Waals surface area (Å²) in [7, 11) is 0. The zero-order valence-corrected chi connectivity index (χ0v) is 10.6. The molecule has 1 aromatic carbocycles. The second kappa shape index (κ2) is 5.19. The lowest BCUT2D eigenvalue weighted by atomic mass is 10.2. The van der Waals surface area contributed by atoms with Crippen LogP contribution in [0.5, 0.6) is 5.88 Å². The first-order valence-electron chi connectivity index (χ1n) is 5.41. The molecule has 1 aromatic heterocycles. The number of esters is 1. The summed E-state index contributed by atoms with van der Waals surface area (Å²) in [5, 5.41) is 3.03. The van der Waals surface area contributed by atoms with Gasteiger partial charge in [0, 0.05) is 18.4 Å². The molecule has 1 heterocycles. The van der Waals surface area contributed by atoms with E-state index in [2.05, 4.69) is 11.9 Å². The molecule has 0 saturated heterocycles. The first-order chi connectivity index (χ1) is 8.20. The highest BCUT2D eigenvalue weighted by Crippen LogP contribution is 2.29. The Morgan fingerprint density at radius 3 is 2.88 bits per heavy atom. The van der Waals surface area contributed by atoms with Gasteiger partial charge in [-0.1, -0.05) is 31.2 Å². The molecule has 2 rings (SSSR count). The Balaban J connectivity index is 2.54. The molecule has 88 valence electrons. The van der Waals surface area contributed by atoms with Crippen LogP contribution < -0.4 is 4.74 Å². The fraction of sp³-hybridized carbons (Fsp3) is 0.231. The van der Waals surface area contributed by atoms with E-state index in [0.717, 1.165) is 21.6 Å². The molecule has 0 aliphatic rings. The van der Waals surface area contributed by atoms with E-state index >= 15 is 0 Å². The van der Waals surface area contributed by atoms with Crippen LogP contribution in [0.15, 0.2) is 35.4 Å². The van der Waals surface area contributed by atoms with Crippen LogP contribution in [0, 0.1) is 0 Å². The fourth-order valence-corrected chi connectivity index (χ4v) is 2.36.